The molecule has 0 radical (unpaired) electrons. The Kier molecular flexibility index (Phi) is 53.5. The minimum absolute atomic E-state index is 0.000305. The van der Waals surface area contributed by atoms with Crippen LogP contribution in [0.2, 0.25) is 0 Å². The second kappa shape index (κ2) is 54.9. The highest BCUT2D eigenvalue weighted by Gasteiger charge is 2.20. The number of rotatable bonds is 54. The van der Waals surface area contributed by atoms with Gasteiger partial charge in [-0.3, -0.25) is 9.59 Å². The van der Waals surface area contributed by atoms with E-state index in [0.717, 1.165) is 51.4 Å². The van der Waals surface area contributed by atoms with Gasteiger partial charge >= 0.3 is 5.97 Å². The second-order valence-electron chi connectivity index (χ2n) is 20.0. The van der Waals surface area contributed by atoms with Crippen LogP contribution in [0.15, 0.2) is 24.3 Å². The molecule has 6 nitrogen and oxygen atoms in total. The van der Waals surface area contributed by atoms with Crippen molar-refractivity contribution >= 4 is 11.9 Å². The van der Waals surface area contributed by atoms with Crippen LogP contribution in [0.3, 0.4) is 0 Å². The fourth-order valence-corrected chi connectivity index (χ4v) is 9.02. The van der Waals surface area contributed by atoms with Crippen LogP contribution in [0, 0.1) is 0 Å². The maximum Gasteiger partial charge on any atom is 0.305 e. The molecular formula is C59H113NO5. The fraction of sp³-hybridized carbons (Fsp3) is 0.898. The lowest BCUT2D eigenvalue weighted by Gasteiger charge is -2.22. The molecule has 0 bridgehead atoms. The summed E-state index contributed by atoms with van der Waals surface area (Å²) in [5, 5.41) is 23.2. The Hall–Kier alpha value is -1.66. The van der Waals surface area contributed by atoms with E-state index < -0.39 is 12.1 Å². The average Bonchev–Trinajstić information content (AvgIpc) is 3.31. The minimum atomic E-state index is -0.668. The van der Waals surface area contributed by atoms with Crippen molar-refractivity contribution in [3.63, 3.8) is 0 Å². The summed E-state index contributed by atoms with van der Waals surface area (Å²) < 4.78 is 5.49. The van der Waals surface area contributed by atoms with E-state index in [1.807, 2.05) is 0 Å². The van der Waals surface area contributed by atoms with E-state index in [1.165, 1.54) is 231 Å². The number of aliphatic hydroxyl groups excluding tert-OH is 2. The summed E-state index contributed by atoms with van der Waals surface area (Å²) in [5.41, 5.74) is 0. The van der Waals surface area contributed by atoms with E-state index >= 15 is 0 Å². The van der Waals surface area contributed by atoms with Gasteiger partial charge in [0, 0.05) is 12.8 Å². The van der Waals surface area contributed by atoms with Crippen molar-refractivity contribution in [2.75, 3.05) is 13.2 Å². The largest absolute Gasteiger partial charge is 0.466 e. The molecule has 0 fully saturated rings. The number of ether oxygens (including phenoxy) is 1. The summed E-state index contributed by atoms with van der Waals surface area (Å²) in [7, 11) is 0. The van der Waals surface area contributed by atoms with Gasteiger partial charge in [0.1, 0.15) is 0 Å². The van der Waals surface area contributed by atoms with Gasteiger partial charge in [0.15, 0.2) is 0 Å². The highest BCUT2D eigenvalue weighted by atomic mass is 16.5. The molecule has 0 aliphatic heterocycles. The number of nitrogens with one attached hydrogen (secondary N) is 1. The molecule has 6 heteroatoms. The molecule has 384 valence electrons. The normalized spacial score (nSPS) is 12.7. The van der Waals surface area contributed by atoms with Gasteiger partial charge < -0.3 is 20.3 Å². The van der Waals surface area contributed by atoms with Gasteiger partial charge in [0.2, 0.25) is 5.91 Å². The van der Waals surface area contributed by atoms with Gasteiger partial charge in [-0.2, -0.15) is 0 Å². The Morgan fingerprint density at radius 3 is 1.20 bits per heavy atom. The van der Waals surface area contributed by atoms with Crippen LogP contribution in [-0.4, -0.2) is 47.4 Å². The lowest BCUT2D eigenvalue weighted by Crippen LogP contribution is -2.45. The molecular weight excluding hydrogens is 803 g/mol. The number of carbonyl (C=O) groups excluding carboxylic acids is 2. The number of aliphatic hydroxyl groups is 2. The van der Waals surface area contributed by atoms with E-state index in [2.05, 4.69) is 43.5 Å². The molecule has 0 saturated heterocycles. The zero-order valence-electron chi connectivity index (χ0n) is 43.7. The van der Waals surface area contributed by atoms with E-state index in [0.29, 0.717) is 25.9 Å². The first-order valence-electron chi connectivity index (χ1n) is 29.1. The first-order chi connectivity index (χ1) is 32.0. The van der Waals surface area contributed by atoms with Gasteiger partial charge in [-0.15, -0.1) is 0 Å². The molecule has 0 spiro atoms. The Labute approximate surface area is 405 Å². The zero-order chi connectivity index (χ0) is 47.2. The molecule has 65 heavy (non-hydrogen) atoms. The Balaban J connectivity index is 3.40. The van der Waals surface area contributed by atoms with Crippen molar-refractivity contribution in [3.05, 3.63) is 24.3 Å². The third-order valence-corrected chi connectivity index (χ3v) is 13.5. The summed E-state index contributed by atoms with van der Waals surface area (Å²) in [6, 6.07) is -0.546. The van der Waals surface area contributed by atoms with Crippen molar-refractivity contribution in [1.29, 1.82) is 0 Å². The summed E-state index contributed by atoms with van der Waals surface area (Å²) in [6.45, 7) is 4.92. The van der Waals surface area contributed by atoms with Gasteiger partial charge in [0.05, 0.1) is 25.4 Å². The molecule has 2 atom stereocenters. The van der Waals surface area contributed by atoms with E-state index in [1.54, 1.807) is 0 Å². The second-order valence-corrected chi connectivity index (χ2v) is 20.0. The predicted molar refractivity (Wildman–Crippen MR) is 283 cm³/mol. The lowest BCUT2D eigenvalue weighted by atomic mass is 10.0. The van der Waals surface area contributed by atoms with Crippen molar-refractivity contribution < 1.29 is 24.5 Å². The minimum Gasteiger partial charge on any atom is -0.466 e. The van der Waals surface area contributed by atoms with Gasteiger partial charge in [-0.1, -0.05) is 269 Å². The molecule has 0 heterocycles. The van der Waals surface area contributed by atoms with Crippen LogP contribution < -0.4 is 5.32 Å². The molecule has 1 amide bonds. The number of hydrogen-bond donors (Lipinski definition) is 3. The molecule has 0 aliphatic rings. The maximum absolute atomic E-state index is 12.5. The molecule has 0 rings (SSSR count). The predicted octanol–water partition coefficient (Wildman–Crippen LogP) is 17.9. The first kappa shape index (κ1) is 63.3. The number of allylic oxidation sites excluding steroid dienone is 4. The molecule has 0 saturated carbocycles. The number of esters is 1. The van der Waals surface area contributed by atoms with Gasteiger partial charge in [-0.25, -0.2) is 0 Å². The Bertz CT molecular complexity index is 1010. The first-order valence-corrected chi connectivity index (χ1v) is 29.1. The average molecular weight is 917 g/mol. The highest BCUT2D eigenvalue weighted by Crippen LogP contribution is 2.17. The van der Waals surface area contributed by atoms with Gasteiger partial charge in [-0.05, 0) is 57.8 Å². The number of hydrogen-bond acceptors (Lipinski definition) is 5. The van der Waals surface area contributed by atoms with Crippen molar-refractivity contribution in [1.82, 2.24) is 5.32 Å². The Morgan fingerprint density at radius 2 is 0.769 bits per heavy atom. The molecule has 3 N–H and O–H groups in total. The fourth-order valence-electron chi connectivity index (χ4n) is 9.02. The Morgan fingerprint density at radius 1 is 0.431 bits per heavy atom. The standard InChI is InChI=1S/C59H113NO5/c1-3-5-7-9-11-13-15-17-18-19-20-21-25-29-33-37-41-45-49-53-59(64)65-54-50-46-42-38-34-30-26-23-22-24-28-32-36-40-44-48-52-58(63)60-56(55-61)57(62)51-47-43-39-35-31-27-16-14-12-10-8-6-4-2/h11,13,17-18,56-57,61-62H,3-10,12,14-16,19-55H2,1-2H3,(H,60,63)/b13-11-,18-17-. The van der Waals surface area contributed by atoms with Crippen LogP contribution in [0.4, 0.5) is 0 Å². The van der Waals surface area contributed by atoms with E-state index in [9.17, 15) is 19.8 Å². The SMILES string of the molecule is CCCCC/C=C\C/C=C\CCCCCCCCCCCC(=O)OCCCCCCCCCCCCCCCCCCC(=O)NC(CO)C(O)CCCCCCCCCCCCCCC. The summed E-state index contributed by atoms with van der Waals surface area (Å²) in [4.78, 5) is 24.5. The van der Waals surface area contributed by atoms with Crippen molar-refractivity contribution in [2.45, 2.75) is 328 Å². The summed E-state index contributed by atoms with van der Waals surface area (Å²) in [6.07, 6.45) is 65.9. The molecule has 0 aromatic carbocycles. The van der Waals surface area contributed by atoms with Crippen molar-refractivity contribution in [3.8, 4) is 0 Å². The maximum atomic E-state index is 12.5. The van der Waals surface area contributed by atoms with Crippen LogP contribution in [0.25, 0.3) is 0 Å². The summed E-state index contributed by atoms with van der Waals surface area (Å²) in [5.74, 6) is -0.0415. The van der Waals surface area contributed by atoms with Crippen LogP contribution >= 0.6 is 0 Å². The smallest absolute Gasteiger partial charge is 0.305 e. The van der Waals surface area contributed by atoms with Crippen LogP contribution in [-0.2, 0) is 14.3 Å². The molecule has 0 aromatic rings. The third kappa shape index (κ3) is 51.6. The van der Waals surface area contributed by atoms with Crippen molar-refractivity contribution in [2.24, 2.45) is 0 Å². The number of carbonyl (C=O) groups is 2. The third-order valence-electron chi connectivity index (χ3n) is 13.5. The van der Waals surface area contributed by atoms with E-state index in [4.69, 9.17) is 4.74 Å². The summed E-state index contributed by atoms with van der Waals surface area (Å²) >= 11 is 0. The molecule has 0 aromatic heterocycles. The van der Waals surface area contributed by atoms with Crippen LogP contribution in [0.5, 0.6) is 0 Å². The number of amides is 1. The topological polar surface area (TPSA) is 95.9 Å². The monoisotopic (exact) mass is 916 g/mol. The van der Waals surface area contributed by atoms with Gasteiger partial charge in [0.25, 0.3) is 0 Å². The zero-order valence-corrected chi connectivity index (χ0v) is 43.7. The highest BCUT2D eigenvalue weighted by molar-refractivity contribution is 5.76. The van der Waals surface area contributed by atoms with Crippen LogP contribution in [0.1, 0.15) is 316 Å². The quantitative estimate of drug-likeness (QED) is 0.0321. The molecule has 0 aliphatic carbocycles. The molecule has 2 unspecified atom stereocenters. The number of unbranched alkanes of at least 4 members (excludes halogenated alkanes) is 39. The lowest BCUT2D eigenvalue weighted by molar-refractivity contribution is -0.143. The van der Waals surface area contributed by atoms with E-state index in [-0.39, 0.29) is 18.5 Å².